The number of benzene rings is 3. The van der Waals surface area contributed by atoms with E-state index in [0.29, 0.717) is 12.3 Å². The van der Waals surface area contributed by atoms with Crippen LogP contribution < -0.4 is 14.4 Å². The minimum absolute atomic E-state index is 0.0247. The van der Waals surface area contributed by atoms with Crippen molar-refractivity contribution in [3.8, 4) is 5.75 Å². The number of hydrogen-bond donors (Lipinski definition) is 1. The fourth-order valence-corrected chi connectivity index (χ4v) is 5.70. The fraction of sp³-hybridized carbons (Fsp3) is 0.333. The summed E-state index contributed by atoms with van der Waals surface area (Å²) in [5, 5.41) is 3.03. The number of halogens is 1. The lowest BCUT2D eigenvalue weighted by Gasteiger charge is -2.32. The molecule has 214 valence electrons. The summed E-state index contributed by atoms with van der Waals surface area (Å²) in [5.41, 5.74) is 2.96. The maximum atomic E-state index is 13.9. The van der Waals surface area contributed by atoms with E-state index >= 15 is 0 Å². The van der Waals surface area contributed by atoms with Gasteiger partial charge in [0, 0.05) is 13.1 Å². The predicted octanol–water partition coefficient (Wildman–Crippen LogP) is 5.10. The van der Waals surface area contributed by atoms with Crippen molar-refractivity contribution in [3.05, 3.63) is 88.4 Å². The topological polar surface area (TPSA) is 96.0 Å². The second-order valence-corrected chi connectivity index (χ2v) is 11.9. The third-order valence-corrected chi connectivity index (χ3v) is 8.58. The summed E-state index contributed by atoms with van der Waals surface area (Å²) in [7, 11) is -2.73. The molecule has 1 atom stereocenters. The number of carbonyl (C=O) groups excluding carboxylic acids is 2. The maximum absolute atomic E-state index is 13.9. The van der Waals surface area contributed by atoms with E-state index in [2.05, 4.69) is 5.32 Å². The Morgan fingerprint density at radius 3 is 2.12 bits per heavy atom. The van der Waals surface area contributed by atoms with Crippen molar-refractivity contribution < 1.29 is 22.7 Å². The number of amides is 2. The molecule has 0 aromatic heterocycles. The first kappa shape index (κ1) is 31.0. The molecule has 0 heterocycles. The van der Waals surface area contributed by atoms with Crippen LogP contribution in [0.4, 0.5) is 5.69 Å². The number of ether oxygens (including phenoxy) is 1. The summed E-state index contributed by atoms with van der Waals surface area (Å²) in [6, 6.07) is 17.7. The third-order valence-electron chi connectivity index (χ3n) is 6.50. The Morgan fingerprint density at radius 1 is 0.975 bits per heavy atom. The van der Waals surface area contributed by atoms with E-state index in [9.17, 15) is 18.0 Å². The third kappa shape index (κ3) is 7.55. The first-order chi connectivity index (χ1) is 19.0. The van der Waals surface area contributed by atoms with Crippen LogP contribution in [0.25, 0.3) is 0 Å². The monoisotopic (exact) mass is 585 g/mol. The number of nitrogens with one attached hydrogen (secondary N) is 1. The van der Waals surface area contributed by atoms with E-state index in [4.69, 9.17) is 16.3 Å². The molecule has 0 bridgehead atoms. The number of aryl methyl sites for hydroxylation is 2. The molecule has 3 rings (SSSR count). The van der Waals surface area contributed by atoms with Crippen LogP contribution in [-0.2, 0) is 26.2 Å². The number of hydrogen-bond acceptors (Lipinski definition) is 5. The van der Waals surface area contributed by atoms with Gasteiger partial charge in [0.1, 0.15) is 18.3 Å². The average molecular weight is 586 g/mol. The standard InChI is InChI=1S/C30H36ClN3O5S/c1-6-17-32-30(36)23(4)33(19-24-11-7-21(2)8-12-24)29(35)20-34(25-13-16-28(39-5)27(31)18-25)40(37,38)26-14-9-22(3)10-15-26/h7-16,18,23H,6,17,19-20H2,1-5H3,(H,32,36). The summed E-state index contributed by atoms with van der Waals surface area (Å²) in [6.07, 6.45) is 0.741. The van der Waals surface area contributed by atoms with Crippen molar-refractivity contribution in [2.24, 2.45) is 0 Å². The van der Waals surface area contributed by atoms with Crippen LogP contribution in [0.15, 0.2) is 71.6 Å². The van der Waals surface area contributed by atoms with Gasteiger partial charge in [-0.1, -0.05) is 66.0 Å². The van der Waals surface area contributed by atoms with Crippen molar-refractivity contribution >= 4 is 39.1 Å². The quantitative estimate of drug-likeness (QED) is 0.319. The van der Waals surface area contributed by atoms with Gasteiger partial charge in [0.05, 0.1) is 22.7 Å². The van der Waals surface area contributed by atoms with Gasteiger partial charge in [-0.15, -0.1) is 0 Å². The summed E-state index contributed by atoms with van der Waals surface area (Å²) in [6.45, 7) is 7.44. The number of anilines is 1. The lowest BCUT2D eigenvalue weighted by Crippen LogP contribution is -2.51. The lowest BCUT2D eigenvalue weighted by molar-refractivity contribution is -0.139. The Kier molecular flexibility index (Phi) is 10.6. The minimum atomic E-state index is -4.19. The van der Waals surface area contributed by atoms with E-state index in [1.807, 2.05) is 45.0 Å². The van der Waals surface area contributed by atoms with Crippen LogP contribution in [0.3, 0.4) is 0 Å². The fourth-order valence-electron chi connectivity index (χ4n) is 4.05. The van der Waals surface area contributed by atoms with Crippen molar-refractivity contribution in [3.63, 3.8) is 0 Å². The molecule has 0 aliphatic heterocycles. The molecule has 0 saturated carbocycles. The lowest BCUT2D eigenvalue weighted by atomic mass is 10.1. The van der Waals surface area contributed by atoms with Crippen LogP contribution >= 0.6 is 11.6 Å². The number of nitrogens with zero attached hydrogens (tertiary/aromatic N) is 2. The SMILES string of the molecule is CCCNC(=O)C(C)N(Cc1ccc(C)cc1)C(=O)CN(c1ccc(OC)c(Cl)c1)S(=O)(=O)c1ccc(C)cc1. The molecular weight excluding hydrogens is 550 g/mol. The molecule has 0 aliphatic carbocycles. The zero-order chi connectivity index (χ0) is 29.4. The van der Waals surface area contributed by atoms with E-state index in [0.717, 1.165) is 27.4 Å². The van der Waals surface area contributed by atoms with Gasteiger partial charge in [-0.3, -0.25) is 13.9 Å². The molecule has 3 aromatic rings. The van der Waals surface area contributed by atoms with Crippen LogP contribution in [0.2, 0.25) is 5.02 Å². The molecule has 3 aromatic carbocycles. The highest BCUT2D eigenvalue weighted by Gasteiger charge is 2.32. The number of sulfonamides is 1. The zero-order valence-electron chi connectivity index (χ0n) is 23.5. The summed E-state index contributed by atoms with van der Waals surface area (Å²) in [5.74, 6) is -0.489. The molecule has 0 fully saturated rings. The largest absolute Gasteiger partial charge is 0.495 e. The van der Waals surface area contributed by atoms with Crippen molar-refractivity contribution in [2.75, 3.05) is 24.5 Å². The minimum Gasteiger partial charge on any atom is -0.495 e. The smallest absolute Gasteiger partial charge is 0.264 e. The van der Waals surface area contributed by atoms with Crippen LogP contribution in [0.1, 0.15) is 37.0 Å². The molecule has 8 nitrogen and oxygen atoms in total. The van der Waals surface area contributed by atoms with Gasteiger partial charge in [0.15, 0.2) is 0 Å². The predicted molar refractivity (Wildman–Crippen MR) is 158 cm³/mol. The molecule has 1 unspecified atom stereocenters. The van der Waals surface area contributed by atoms with Gasteiger partial charge in [-0.05, 0) is 63.1 Å². The summed E-state index contributed by atoms with van der Waals surface area (Å²) in [4.78, 5) is 28.3. The molecule has 40 heavy (non-hydrogen) atoms. The average Bonchev–Trinajstić information content (AvgIpc) is 2.93. The second kappa shape index (κ2) is 13.7. The molecule has 0 aliphatic rings. The number of methoxy groups -OCH3 is 1. The van der Waals surface area contributed by atoms with Crippen molar-refractivity contribution in [1.29, 1.82) is 0 Å². The number of carbonyl (C=O) groups is 2. The molecule has 1 N–H and O–H groups in total. The van der Waals surface area contributed by atoms with Crippen molar-refractivity contribution in [1.82, 2.24) is 10.2 Å². The molecule has 10 heteroatoms. The first-order valence-corrected chi connectivity index (χ1v) is 14.9. The van der Waals surface area contributed by atoms with Crippen molar-refractivity contribution in [2.45, 2.75) is 51.6 Å². The van der Waals surface area contributed by atoms with Gasteiger partial charge in [0.25, 0.3) is 10.0 Å². The van der Waals surface area contributed by atoms with Crippen LogP contribution in [0, 0.1) is 13.8 Å². The zero-order valence-corrected chi connectivity index (χ0v) is 25.1. The summed E-state index contributed by atoms with van der Waals surface area (Å²) >= 11 is 6.36. The molecule has 0 saturated heterocycles. The van der Waals surface area contributed by atoms with Gasteiger partial charge in [-0.2, -0.15) is 0 Å². The maximum Gasteiger partial charge on any atom is 0.264 e. The van der Waals surface area contributed by atoms with E-state index in [1.165, 1.54) is 36.3 Å². The first-order valence-electron chi connectivity index (χ1n) is 13.0. The Balaban J connectivity index is 2.05. The highest BCUT2D eigenvalue weighted by atomic mass is 35.5. The Morgan fingerprint density at radius 2 is 1.57 bits per heavy atom. The number of rotatable bonds is 12. The van der Waals surface area contributed by atoms with Gasteiger partial charge in [0.2, 0.25) is 11.8 Å². The summed E-state index contributed by atoms with van der Waals surface area (Å²) < 4.78 is 34.1. The van der Waals surface area contributed by atoms with Gasteiger partial charge in [-0.25, -0.2) is 8.42 Å². The van der Waals surface area contributed by atoms with E-state index in [-0.39, 0.29) is 28.1 Å². The molecule has 0 radical (unpaired) electrons. The highest BCUT2D eigenvalue weighted by Crippen LogP contribution is 2.32. The second-order valence-electron chi connectivity index (χ2n) is 9.62. The Labute approximate surface area is 241 Å². The molecule has 0 spiro atoms. The van der Waals surface area contributed by atoms with Crippen LogP contribution in [-0.4, -0.2) is 51.4 Å². The molecular formula is C30H36ClN3O5S. The van der Waals surface area contributed by atoms with E-state index in [1.54, 1.807) is 25.1 Å². The van der Waals surface area contributed by atoms with E-state index < -0.39 is 28.5 Å². The Bertz CT molecular complexity index is 1430. The van der Waals surface area contributed by atoms with Gasteiger partial charge < -0.3 is 15.0 Å². The molecule has 2 amide bonds. The highest BCUT2D eigenvalue weighted by molar-refractivity contribution is 7.92. The Hall–Kier alpha value is -3.56. The van der Waals surface area contributed by atoms with Gasteiger partial charge >= 0.3 is 0 Å². The van der Waals surface area contributed by atoms with Crippen LogP contribution in [0.5, 0.6) is 5.75 Å². The normalized spacial score (nSPS) is 11.9.